The van der Waals surface area contributed by atoms with Crippen LogP contribution in [-0.2, 0) is 11.3 Å². The molecule has 1 N–H and O–H groups in total. The summed E-state index contributed by atoms with van der Waals surface area (Å²) in [5.41, 5.74) is 0.251. The Labute approximate surface area is 122 Å². The molecule has 4 nitrogen and oxygen atoms in total. The fourth-order valence-corrected chi connectivity index (χ4v) is 2.77. The van der Waals surface area contributed by atoms with E-state index in [1.165, 1.54) is 0 Å². The second-order valence-corrected chi connectivity index (χ2v) is 6.90. The molecule has 0 radical (unpaired) electrons. The summed E-state index contributed by atoms with van der Waals surface area (Å²) in [6, 6.07) is 2.55. The van der Waals surface area contributed by atoms with E-state index in [0.29, 0.717) is 18.1 Å². The van der Waals surface area contributed by atoms with Gasteiger partial charge in [0.05, 0.1) is 6.10 Å². The maximum Gasteiger partial charge on any atom is 0.0656 e. The standard InChI is InChI=1S/C16H29N3O/c1-13(2)12-20-15-11-14(16(15,3)4)17-7-5-9-19-10-6-8-18-19/h6,8,10,13-15,17H,5,7,9,11-12H2,1-4H3. The molecule has 0 aromatic carbocycles. The molecule has 1 heterocycles. The minimum Gasteiger partial charge on any atom is -0.377 e. The molecule has 1 fully saturated rings. The van der Waals surface area contributed by atoms with Gasteiger partial charge in [-0.1, -0.05) is 27.7 Å². The van der Waals surface area contributed by atoms with Gasteiger partial charge in [0, 0.05) is 37.0 Å². The summed E-state index contributed by atoms with van der Waals surface area (Å²) in [5.74, 6) is 0.617. The SMILES string of the molecule is CC(C)COC1CC(NCCCn2cccn2)C1(C)C. The zero-order chi connectivity index (χ0) is 14.6. The molecule has 4 heteroatoms. The summed E-state index contributed by atoms with van der Waals surface area (Å²) < 4.78 is 7.98. The van der Waals surface area contributed by atoms with E-state index in [4.69, 9.17) is 4.74 Å². The predicted octanol–water partition coefficient (Wildman–Crippen LogP) is 2.70. The van der Waals surface area contributed by atoms with Gasteiger partial charge in [-0.05, 0) is 31.4 Å². The second-order valence-electron chi connectivity index (χ2n) is 6.90. The lowest BCUT2D eigenvalue weighted by Gasteiger charge is -2.52. The van der Waals surface area contributed by atoms with E-state index in [2.05, 4.69) is 38.1 Å². The maximum absolute atomic E-state index is 6.00. The number of hydrogen-bond donors (Lipinski definition) is 1. The Morgan fingerprint density at radius 1 is 1.45 bits per heavy atom. The fraction of sp³-hybridized carbons (Fsp3) is 0.812. The Morgan fingerprint density at radius 3 is 2.85 bits per heavy atom. The van der Waals surface area contributed by atoms with Gasteiger partial charge >= 0.3 is 0 Å². The summed E-state index contributed by atoms with van der Waals surface area (Å²) in [6.07, 6.45) is 6.52. The molecule has 0 spiro atoms. The van der Waals surface area contributed by atoms with Crippen molar-refractivity contribution >= 4 is 0 Å². The van der Waals surface area contributed by atoms with Gasteiger partial charge in [0.15, 0.2) is 0 Å². The quantitative estimate of drug-likeness (QED) is 0.744. The Bertz CT molecular complexity index is 386. The monoisotopic (exact) mass is 279 g/mol. The molecule has 0 amide bonds. The molecule has 0 aliphatic heterocycles. The van der Waals surface area contributed by atoms with E-state index in [0.717, 1.165) is 32.5 Å². The molecule has 1 aliphatic rings. The van der Waals surface area contributed by atoms with Crippen molar-refractivity contribution in [3.8, 4) is 0 Å². The largest absolute Gasteiger partial charge is 0.377 e. The Morgan fingerprint density at radius 2 is 2.25 bits per heavy atom. The van der Waals surface area contributed by atoms with Crippen molar-refractivity contribution in [2.75, 3.05) is 13.2 Å². The van der Waals surface area contributed by atoms with E-state index in [9.17, 15) is 0 Å². The molecule has 1 aromatic rings. The molecular formula is C16H29N3O. The van der Waals surface area contributed by atoms with Crippen LogP contribution in [0.25, 0.3) is 0 Å². The highest BCUT2D eigenvalue weighted by atomic mass is 16.5. The molecule has 1 saturated carbocycles. The lowest BCUT2D eigenvalue weighted by Crippen LogP contribution is -2.61. The van der Waals surface area contributed by atoms with Crippen molar-refractivity contribution in [3.05, 3.63) is 18.5 Å². The van der Waals surface area contributed by atoms with Gasteiger partial charge in [0.2, 0.25) is 0 Å². The normalized spacial score (nSPS) is 24.9. The van der Waals surface area contributed by atoms with E-state index in [1.54, 1.807) is 0 Å². The molecule has 1 aliphatic carbocycles. The number of aromatic nitrogens is 2. The Hall–Kier alpha value is -0.870. The van der Waals surface area contributed by atoms with Crippen LogP contribution in [0.4, 0.5) is 0 Å². The van der Waals surface area contributed by atoms with Crippen LogP contribution in [0, 0.1) is 11.3 Å². The molecule has 2 unspecified atom stereocenters. The van der Waals surface area contributed by atoms with Crippen molar-refractivity contribution in [3.63, 3.8) is 0 Å². The molecular weight excluding hydrogens is 250 g/mol. The molecule has 0 saturated heterocycles. The Balaban J connectivity index is 1.62. The molecule has 2 rings (SSSR count). The van der Waals surface area contributed by atoms with Crippen LogP contribution >= 0.6 is 0 Å². The first kappa shape index (κ1) is 15.5. The van der Waals surface area contributed by atoms with E-state index >= 15 is 0 Å². The minimum atomic E-state index is 0.251. The number of ether oxygens (including phenoxy) is 1. The van der Waals surface area contributed by atoms with Crippen molar-refractivity contribution in [2.24, 2.45) is 11.3 Å². The summed E-state index contributed by atoms with van der Waals surface area (Å²) in [7, 11) is 0. The number of rotatable bonds is 8. The minimum absolute atomic E-state index is 0.251. The predicted molar refractivity (Wildman–Crippen MR) is 81.6 cm³/mol. The molecule has 114 valence electrons. The van der Waals surface area contributed by atoms with E-state index in [1.807, 2.05) is 23.1 Å². The Kier molecular flexibility index (Phi) is 5.22. The maximum atomic E-state index is 6.00. The van der Waals surface area contributed by atoms with Crippen LogP contribution in [0.5, 0.6) is 0 Å². The topological polar surface area (TPSA) is 39.1 Å². The van der Waals surface area contributed by atoms with Gasteiger partial charge in [-0.25, -0.2) is 0 Å². The van der Waals surface area contributed by atoms with Crippen LogP contribution in [-0.4, -0.2) is 35.1 Å². The van der Waals surface area contributed by atoms with Crippen LogP contribution in [0.3, 0.4) is 0 Å². The molecule has 2 atom stereocenters. The smallest absolute Gasteiger partial charge is 0.0656 e. The zero-order valence-electron chi connectivity index (χ0n) is 13.3. The van der Waals surface area contributed by atoms with Crippen LogP contribution in [0.1, 0.15) is 40.5 Å². The highest BCUT2D eigenvalue weighted by Crippen LogP contribution is 2.42. The van der Waals surface area contributed by atoms with Gasteiger partial charge in [-0.15, -0.1) is 0 Å². The average molecular weight is 279 g/mol. The number of nitrogens with zero attached hydrogens (tertiary/aromatic N) is 2. The van der Waals surface area contributed by atoms with Gasteiger partial charge in [0.1, 0.15) is 0 Å². The van der Waals surface area contributed by atoms with Gasteiger partial charge in [-0.2, -0.15) is 5.10 Å². The van der Waals surface area contributed by atoms with Crippen LogP contribution < -0.4 is 5.32 Å². The summed E-state index contributed by atoms with van der Waals surface area (Å²) in [6.45, 7) is 11.9. The highest BCUT2D eigenvalue weighted by molar-refractivity contribution is 5.02. The van der Waals surface area contributed by atoms with Crippen molar-refractivity contribution in [2.45, 2.75) is 59.2 Å². The van der Waals surface area contributed by atoms with E-state index < -0.39 is 0 Å². The number of hydrogen-bond acceptors (Lipinski definition) is 3. The molecule has 20 heavy (non-hydrogen) atoms. The fourth-order valence-electron chi connectivity index (χ4n) is 2.77. The van der Waals surface area contributed by atoms with E-state index in [-0.39, 0.29) is 5.41 Å². The lowest BCUT2D eigenvalue weighted by atomic mass is 9.64. The van der Waals surface area contributed by atoms with Crippen LogP contribution in [0.2, 0.25) is 0 Å². The van der Waals surface area contributed by atoms with Crippen molar-refractivity contribution in [1.29, 1.82) is 0 Å². The number of aryl methyl sites for hydroxylation is 1. The van der Waals surface area contributed by atoms with Crippen molar-refractivity contribution < 1.29 is 4.74 Å². The lowest BCUT2D eigenvalue weighted by molar-refractivity contribution is -0.123. The molecule has 1 aromatic heterocycles. The third-order valence-corrected chi connectivity index (χ3v) is 4.32. The summed E-state index contributed by atoms with van der Waals surface area (Å²) in [5, 5.41) is 7.89. The number of nitrogens with one attached hydrogen (secondary N) is 1. The highest BCUT2D eigenvalue weighted by Gasteiger charge is 2.48. The summed E-state index contributed by atoms with van der Waals surface area (Å²) >= 11 is 0. The average Bonchev–Trinajstić information content (AvgIpc) is 2.88. The summed E-state index contributed by atoms with van der Waals surface area (Å²) in [4.78, 5) is 0. The first-order chi connectivity index (χ1) is 9.50. The zero-order valence-corrected chi connectivity index (χ0v) is 13.3. The van der Waals surface area contributed by atoms with Gasteiger partial charge < -0.3 is 10.1 Å². The van der Waals surface area contributed by atoms with Crippen LogP contribution in [0.15, 0.2) is 18.5 Å². The molecule has 0 bridgehead atoms. The second kappa shape index (κ2) is 6.72. The first-order valence-corrected chi connectivity index (χ1v) is 7.82. The third kappa shape index (κ3) is 3.83. The van der Waals surface area contributed by atoms with Gasteiger partial charge in [-0.3, -0.25) is 4.68 Å². The first-order valence-electron chi connectivity index (χ1n) is 7.82. The van der Waals surface area contributed by atoms with Gasteiger partial charge in [0.25, 0.3) is 0 Å². The third-order valence-electron chi connectivity index (χ3n) is 4.32. The van der Waals surface area contributed by atoms with Crippen molar-refractivity contribution in [1.82, 2.24) is 15.1 Å².